The number of amides is 3. The van der Waals surface area contributed by atoms with Crippen LogP contribution in [0.3, 0.4) is 0 Å². The molecule has 2 aromatic rings. The van der Waals surface area contributed by atoms with E-state index in [2.05, 4.69) is 20.9 Å². The number of benzene rings is 1. The summed E-state index contributed by atoms with van der Waals surface area (Å²) >= 11 is 0. The molecule has 0 aliphatic carbocycles. The van der Waals surface area contributed by atoms with Gasteiger partial charge in [-0.15, -0.1) is 0 Å². The Kier molecular flexibility index (Phi) is 11.7. The first-order valence-corrected chi connectivity index (χ1v) is 12.8. The molecular weight excluding hydrogens is 492 g/mol. The van der Waals surface area contributed by atoms with Gasteiger partial charge in [-0.25, -0.2) is 4.79 Å². The van der Waals surface area contributed by atoms with E-state index in [4.69, 9.17) is 11.5 Å². The molecule has 5 unspecified atom stereocenters. The van der Waals surface area contributed by atoms with Crippen molar-refractivity contribution in [2.75, 3.05) is 6.54 Å². The standard InChI is InChI=1S/C26H40N6O6/c1-14(2)22(26(37)38)32-23(34)19(10-6-7-11-27)30-24(35)20(31-25(36)21(28)15(3)33)12-16-13-29-18-9-5-4-8-17(16)18/h4-5,8-9,13-15,19-22,29,33H,6-7,10-12,27-28H2,1-3H3,(H,30,35)(H,31,36)(H,32,34)(H,37,38). The van der Waals surface area contributed by atoms with E-state index >= 15 is 0 Å². The number of aromatic amines is 1. The van der Waals surface area contributed by atoms with Crippen molar-refractivity contribution in [3.05, 3.63) is 36.0 Å². The molecule has 3 amide bonds. The van der Waals surface area contributed by atoms with Crippen LogP contribution in [-0.4, -0.2) is 75.7 Å². The fourth-order valence-corrected chi connectivity index (χ4v) is 4.02. The Hall–Kier alpha value is -3.48. The van der Waals surface area contributed by atoms with Crippen LogP contribution in [-0.2, 0) is 25.6 Å². The number of nitrogens with two attached hydrogens (primary N) is 2. The number of aromatic nitrogens is 1. The van der Waals surface area contributed by atoms with E-state index in [1.165, 1.54) is 6.92 Å². The number of para-hydroxylation sites is 1. The maximum Gasteiger partial charge on any atom is 0.326 e. The van der Waals surface area contributed by atoms with Gasteiger partial charge >= 0.3 is 5.97 Å². The molecule has 0 aliphatic rings. The van der Waals surface area contributed by atoms with Crippen LogP contribution >= 0.6 is 0 Å². The van der Waals surface area contributed by atoms with Crippen molar-refractivity contribution in [1.29, 1.82) is 0 Å². The summed E-state index contributed by atoms with van der Waals surface area (Å²) in [4.78, 5) is 53.9. The average Bonchev–Trinajstić information content (AvgIpc) is 3.27. The molecule has 210 valence electrons. The van der Waals surface area contributed by atoms with Crippen molar-refractivity contribution in [2.24, 2.45) is 17.4 Å². The molecule has 0 radical (unpaired) electrons. The molecule has 1 heterocycles. The van der Waals surface area contributed by atoms with Gasteiger partial charge in [-0.3, -0.25) is 14.4 Å². The lowest BCUT2D eigenvalue weighted by atomic mass is 10.0. The summed E-state index contributed by atoms with van der Waals surface area (Å²) in [6.07, 6.45) is 2.00. The fourth-order valence-electron chi connectivity index (χ4n) is 4.02. The van der Waals surface area contributed by atoms with E-state index in [-0.39, 0.29) is 18.8 Å². The van der Waals surface area contributed by atoms with E-state index in [0.717, 1.165) is 16.5 Å². The number of H-pyrrole nitrogens is 1. The molecule has 1 aromatic carbocycles. The van der Waals surface area contributed by atoms with Gasteiger partial charge in [0.15, 0.2) is 0 Å². The SMILES string of the molecule is CC(C)C(NC(=O)C(CCCCN)NC(=O)C(Cc1c[nH]c2ccccc12)NC(=O)C(N)C(C)O)C(=O)O. The molecule has 0 saturated carbocycles. The molecule has 1 aromatic heterocycles. The normalized spacial score (nSPS) is 15.3. The second-order valence-corrected chi connectivity index (χ2v) is 9.81. The number of carboxylic acid groups (broad SMARTS) is 1. The largest absolute Gasteiger partial charge is 0.480 e. The smallest absolute Gasteiger partial charge is 0.326 e. The number of aliphatic hydroxyl groups excluding tert-OH is 1. The summed E-state index contributed by atoms with van der Waals surface area (Å²) in [5.41, 5.74) is 13.0. The lowest BCUT2D eigenvalue weighted by Crippen LogP contribution is -2.59. The zero-order chi connectivity index (χ0) is 28.4. The first kappa shape index (κ1) is 30.7. The second-order valence-electron chi connectivity index (χ2n) is 9.81. The minimum atomic E-state index is -1.26. The zero-order valence-corrected chi connectivity index (χ0v) is 22.1. The van der Waals surface area contributed by atoms with Gasteiger partial charge in [0.2, 0.25) is 17.7 Å². The quantitative estimate of drug-likeness (QED) is 0.143. The Balaban J connectivity index is 2.30. The van der Waals surface area contributed by atoms with Crippen LogP contribution in [0.5, 0.6) is 0 Å². The highest BCUT2D eigenvalue weighted by Crippen LogP contribution is 2.19. The Morgan fingerprint density at radius 2 is 1.58 bits per heavy atom. The van der Waals surface area contributed by atoms with Gasteiger partial charge in [-0.05, 0) is 50.3 Å². The number of carbonyl (C=O) groups excluding carboxylic acids is 3. The van der Waals surface area contributed by atoms with Crippen LogP contribution in [0.25, 0.3) is 10.9 Å². The Labute approximate surface area is 221 Å². The Morgan fingerprint density at radius 1 is 0.947 bits per heavy atom. The van der Waals surface area contributed by atoms with Gasteiger partial charge in [-0.1, -0.05) is 32.0 Å². The third-order valence-electron chi connectivity index (χ3n) is 6.36. The van der Waals surface area contributed by atoms with Crippen LogP contribution in [0, 0.1) is 5.92 Å². The van der Waals surface area contributed by atoms with Gasteiger partial charge < -0.3 is 42.6 Å². The first-order valence-electron chi connectivity index (χ1n) is 12.8. The number of aliphatic carboxylic acids is 1. The lowest BCUT2D eigenvalue weighted by Gasteiger charge is -2.26. The summed E-state index contributed by atoms with van der Waals surface area (Å²) in [7, 11) is 0. The maximum absolute atomic E-state index is 13.5. The highest BCUT2D eigenvalue weighted by molar-refractivity contribution is 5.95. The van der Waals surface area contributed by atoms with Crippen molar-refractivity contribution in [3.8, 4) is 0 Å². The van der Waals surface area contributed by atoms with Crippen LogP contribution in [0.4, 0.5) is 0 Å². The van der Waals surface area contributed by atoms with E-state index < -0.39 is 54.0 Å². The molecule has 10 N–H and O–H groups in total. The van der Waals surface area contributed by atoms with Gasteiger partial charge in [0.1, 0.15) is 24.2 Å². The third kappa shape index (κ3) is 8.54. The zero-order valence-electron chi connectivity index (χ0n) is 22.1. The predicted octanol–water partition coefficient (Wildman–Crippen LogP) is -0.257. The molecule has 0 bridgehead atoms. The second kappa shape index (κ2) is 14.5. The van der Waals surface area contributed by atoms with Gasteiger partial charge in [0.05, 0.1) is 6.10 Å². The minimum Gasteiger partial charge on any atom is -0.480 e. The highest BCUT2D eigenvalue weighted by atomic mass is 16.4. The summed E-state index contributed by atoms with van der Waals surface area (Å²) in [5, 5.41) is 27.9. The van der Waals surface area contributed by atoms with Crippen molar-refractivity contribution in [2.45, 2.75) is 76.7 Å². The Morgan fingerprint density at radius 3 is 2.18 bits per heavy atom. The van der Waals surface area contributed by atoms with Crippen molar-refractivity contribution >= 4 is 34.6 Å². The summed E-state index contributed by atoms with van der Waals surface area (Å²) in [5.74, 6) is -3.58. The average molecular weight is 533 g/mol. The van der Waals surface area contributed by atoms with Crippen LogP contribution in [0.15, 0.2) is 30.5 Å². The molecule has 0 aliphatic heterocycles. The number of carbonyl (C=O) groups is 4. The Bertz CT molecular complexity index is 1100. The molecule has 12 heteroatoms. The number of hydrogen-bond donors (Lipinski definition) is 8. The number of rotatable bonds is 15. The number of fused-ring (bicyclic) bond motifs is 1. The first-order chi connectivity index (χ1) is 18.0. The molecule has 12 nitrogen and oxygen atoms in total. The molecule has 0 spiro atoms. The summed E-state index contributed by atoms with van der Waals surface area (Å²) in [6, 6.07) is 2.88. The van der Waals surface area contributed by atoms with E-state index in [1.807, 2.05) is 24.3 Å². The molecule has 5 atom stereocenters. The highest BCUT2D eigenvalue weighted by Gasteiger charge is 2.32. The van der Waals surface area contributed by atoms with Crippen LogP contribution < -0.4 is 27.4 Å². The number of carboxylic acids is 1. The third-order valence-corrected chi connectivity index (χ3v) is 6.36. The van der Waals surface area contributed by atoms with Crippen molar-refractivity contribution < 1.29 is 29.4 Å². The number of hydrogen-bond acceptors (Lipinski definition) is 7. The van der Waals surface area contributed by atoms with E-state index in [9.17, 15) is 29.4 Å². The molecule has 2 rings (SSSR count). The molecular formula is C26H40N6O6. The number of unbranched alkanes of at least 4 members (excludes halogenated alkanes) is 1. The summed E-state index contributed by atoms with van der Waals surface area (Å²) < 4.78 is 0. The van der Waals surface area contributed by atoms with Gasteiger partial charge in [0, 0.05) is 23.5 Å². The summed E-state index contributed by atoms with van der Waals surface area (Å²) in [6.45, 7) is 5.09. The number of aliphatic hydroxyl groups is 1. The van der Waals surface area contributed by atoms with Gasteiger partial charge in [-0.2, -0.15) is 0 Å². The molecule has 38 heavy (non-hydrogen) atoms. The predicted molar refractivity (Wildman–Crippen MR) is 143 cm³/mol. The molecule has 0 fully saturated rings. The van der Waals surface area contributed by atoms with E-state index in [1.54, 1.807) is 20.0 Å². The lowest BCUT2D eigenvalue weighted by molar-refractivity contribution is -0.143. The van der Waals surface area contributed by atoms with Crippen LogP contribution in [0.1, 0.15) is 45.6 Å². The van der Waals surface area contributed by atoms with Crippen LogP contribution in [0.2, 0.25) is 0 Å². The molecule has 0 saturated heterocycles. The minimum absolute atomic E-state index is 0.0784. The fraction of sp³-hybridized carbons (Fsp3) is 0.538. The monoisotopic (exact) mass is 532 g/mol. The topological polar surface area (TPSA) is 213 Å². The maximum atomic E-state index is 13.5. The van der Waals surface area contributed by atoms with Crippen molar-refractivity contribution in [1.82, 2.24) is 20.9 Å². The van der Waals surface area contributed by atoms with Crippen molar-refractivity contribution in [3.63, 3.8) is 0 Å². The number of nitrogens with one attached hydrogen (secondary N) is 4. The van der Waals surface area contributed by atoms with E-state index in [0.29, 0.717) is 19.4 Å². The van der Waals surface area contributed by atoms with Gasteiger partial charge in [0.25, 0.3) is 0 Å².